The SMILES string of the molecule is CCCCCCCCCC/C=C\CCCCCCCC(O)CC(=O)NC(CO)C(O)CCCCCCCCCCCCCCCCCCCCC. The van der Waals surface area contributed by atoms with E-state index in [1.54, 1.807) is 0 Å². The molecule has 3 unspecified atom stereocenters. The lowest BCUT2D eigenvalue weighted by atomic mass is 10.0. The highest BCUT2D eigenvalue weighted by molar-refractivity contribution is 5.76. The van der Waals surface area contributed by atoms with E-state index >= 15 is 0 Å². The lowest BCUT2D eigenvalue weighted by Gasteiger charge is -2.23. The summed E-state index contributed by atoms with van der Waals surface area (Å²) in [4.78, 5) is 12.5. The van der Waals surface area contributed by atoms with Crippen LogP contribution in [0.3, 0.4) is 0 Å². The second-order valence-electron chi connectivity index (χ2n) is 16.0. The summed E-state index contributed by atoms with van der Waals surface area (Å²) in [6, 6.07) is -0.658. The molecule has 0 bridgehead atoms. The fourth-order valence-corrected chi connectivity index (χ4v) is 7.28. The fourth-order valence-electron chi connectivity index (χ4n) is 7.28. The number of carbonyl (C=O) groups is 1. The quantitative estimate of drug-likeness (QED) is 0.0373. The summed E-state index contributed by atoms with van der Waals surface area (Å²) in [6.45, 7) is 4.28. The van der Waals surface area contributed by atoms with Gasteiger partial charge in [0, 0.05) is 0 Å². The Morgan fingerprint density at radius 2 is 0.784 bits per heavy atom. The van der Waals surface area contributed by atoms with Crippen molar-refractivity contribution in [1.29, 1.82) is 0 Å². The van der Waals surface area contributed by atoms with E-state index < -0.39 is 18.2 Å². The van der Waals surface area contributed by atoms with E-state index in [1.807, 2.05) is 0 Å². The van der Waals surface area contributed by atoms with Gasteiger partial charge in [-0.15, -0.1) is 0 Å². The molecule has 0 aromatic rings. The lowest BCUT2D eigenvalue weighted by Crippen LogP contribution is -2.46. The van der Waals surface area contributed by atoms with Crippen molar-refractivity contribution in [3.63, 3.8) is 0 Å². The predicted molar refractivity (Wildman–Crippen MR) is 222 cm³/mol. The number of nitrogens with one attached hydrogen (secondary N) is 1. The summed E-state index contributed by atoms with van der Waals surface area (Å²) in [5, 5.41) is 33.4. The van der Waals surface area contributed by atoms with E-state index in [2.05, 4.69) is 31.3 Å². The smallest absolute Gasteiger partial charge is 0.222 e. The first-order valence-electron chi connectivity index (χ1n) is 23.0. The number of aliphatic hydroxyl groups is 3. The van der Waals surface area contributed by atoms with Crippen molar-refractivity contribution in [3.05, 3.63) is 12.2 Å². The number of amides is 1. The molecule has 4 N–H and O–H groups in total. The topological polar surface area (TPSA) is 89.8 Å². The molecule has 5 nitrogen and oxygen atoms in total. The largest absolute Gasteiger partial charge is 0.394 e. The molecule has 0 aliphatic carbocycles. The van der Waals surface area contributed by atoms with Gasteiger partial charge in [0.15, 0.2) is 0 Å². The number of hydrogen-bond acceptors (Lipinski definition) is 4. The van der Waals surface area contributed by atoms with E-state index in [9.17, 15) is 20.1 Å². The summed E-state index contributed by atoms with van der Waals surface area (Å²) in [6.07, 6.45) is 48.9. The van der Waals surface area contributed by atoms with Gasteiger partial charge < -0.3 is 20.6 Å². The van der Waals surface area contributed by atoms with E-state index in [-0.39, 0.29) is 18.9 Å². The Balaban J connectivity index is 3.60. The first-order chi connectivity index (χ1) is 25.0. The van der Waals surface area contributed by atoms with Gasteiger partial charge in [-0.2, -0.15) is 0 Å². The molecule has 0 fully saturated rings. The Hall–Kier alpha value is -0.910. The third-order valence-corrected chi connectivity index (χ3v) is 10.8. The monoisotopic (exact) mass is 722 g/mol. The molecule has 0 spiro atoms. The van der Waals surface area contributed by atoms with Crippen molar-refractivity contribution >= 4 is 5.91 Å². The summed E-state index contributed by atoms with van der Waals surface area (Å²) >= 11 is 0. The van der Waals surface area contributed by atoms with Crippen LogP contribution < -0.4 is 5.32 Å². The third-order valence-electron chi connectivity index (χ3n) is 10.8. The van der Waals surface area contributed by atoms with E-state index in [0.29, 0.717) is 12.8 Å². The molecule has 1 amide bonds. The van der Waals surface area contributed by atoms with Gasteiger partial charge in [-0.05, 0) is 38.5 Å². The average molecular weight is 722 g/mol. The Morgan fingerprint density at radius 1 is 0.471 bits per heavy atom. The summed E-state index contributed by atoms with van der Waals surface area (Å²) < 4.78 is 0. The molecule has 0 aromatic carbocycles. The number of aliphatic hydroxyl groups excluding tert-OH is 3. The molecule has 5 heteroatoms. The summed E-state index contributed by atoms with van der Waals surface area (Å²) in [5.41, 5.74) is 0. The Bertz CT molecular complexity index is 713. The maximum atomic E-state index is 12.5. The van der Waals surface area contributed by atoms with Crippen LogP contribution in [0, 0.1) is 0 Å². The van der Waals surface area contributed by atoms with Gasteiger partial charge in [-0.25, -0.2) is 0 Å². The highest BCUT2D eigenvalue weighted by atomic mass is 16.3. The minimum absolute atomic E-state index is 0.0339. The third kappa shape index (κ3) is 38.6. The van der Waals surface area contributed by atoms with Gasteiger partial charge in [0.1, 0.15) is 0 Å². The maximum Gasteiger partial charge on any atom is 0.222 e. The molecule has 304 valence electrons. The average Bonchev–Trinajstić information content (AvgIpc) is 3.12. The normalized spacial score (nSPS) is 13.6. The molecule has 51 heavy (non-hydrogen) atoms. The van der Waals surface area contributed by atoms with E-state index in [0.717, 1.165) is 32.1 Å². The molecule has 0 aliphatic heterocycles. The van der Waals surface area contributed by atoms with Crippen molar-refractivity contribution in [1.82, 2.24) is 5.32 Å². The van der Waals surface area contributed by atoms with Gasteiger partial charge in [0.25, 0.3) is 0 Å². The first-order valence-corrected chi connectivity index (χ1v) is 23.0. The zero-order valence-electron chi connectivity index (χ0n) is 34.5. The second kappa shape index (κ2) is 41.8. The Kier molecular flexibility index (Phi) is 41.1. The van der Waals surface area contributed by atoms with Gasteiger partial charge in [0.2, 0.25) is 5.91 Å². The van der Waals surface area contributed by atoms with Gasteiger partial charge in [0.05, 0.1) is 31.3 Å². The van der Waals surface area contributed by atoms with Crippen LogP contribution in [0.4, 0.5) is 0 Å². The van der Waals surface area contributed by atoms with Gasteiger partial charge >= 0.3 is 0 Å². The van der Waals surface area contributed by atoms with Crippen molar-refractivity contribution in [2.75, 3.05) is 6.61 Å². The number of carbonyl (C=O) groups excluding carboxylic acids is 1. The molecule has 0 aromatic heterocycles. The molecule has 0 heterocycles. The van der Waals surface area contributed by atoms with Crippen LogP contribution in [-0.2, 0) is 4.79 Å². The van der Waals surface area contributed by atoms with E-state index in [4.69, 9.17) is 0 Å². The van der Waals surface area contributed by atoms with Crippen LogP contribution in [-0.4, -0.2) is 46.1 Å². The highest BCUT2D eigenvalue weighted by Crippen LogP contribution is 2.17. The molecule has 0 aliphatic rings. The molecule has 0 saturated heterocycles. The van der Waals surface area contributed by atoms with Crippen LogP contribution in [0.2, 0.25) is 0 Å². The molecule has 3 atom stereocenters. The van der Waals surface area contributed by atoms with E-state index in [1.165, 1.54) is 186 Å². The van der Waals surface area contributed by atoms with Crippen LogP contribution in [0.25, 0.3) is 0 Å². The van der Waals surface area contributed by atoms with Crippen LogP contribution in [0.5, 0.6) is 0 Å². The lowest BCUT2D eigenvalue weighted by molar-refractivity contribution is -0.125. The summed E-state index contributed by atoms with van der Waals surface area (Å²) in [5.74, 6) is -0.285. The Labute approximate surface area is 319 Å². The van der Waals surface area contributed by atoms with Crippen LogP contribution in [0.1, 0.15) is 251 Å². The molecule has 0 rings (SSSR count). The van der Waals surface area contributed by atoms with Crippen LogP contribution in [0.15, 0.2) is 12.2 Å². The minimum atomic E-state index is -0.748. The van der Waals surface area contributed by atoms with Gasteiger partial charge in [-0.3, -0.25) is 4.79 Å². The zero-order chi connectivity index (χ0) is 37.3. The van der Waals surface area contributed by atoms with Crippen molar-refractivity contribution in [2.45, 2.75) is 270 Å². The molecular formula is C46H91NO4. The molecule has 0 saturated carbocycles. The fraction of sp³-hybridized carbons (Fsp3) is 0.935. The second-order valence-corrected chi connectivity index (χ2v) is 16.0. The number of unbranched alkanes of at least 4 members (excludes halogenated alkanes) is 31. The minimum Gasteiger partial charge on any atom is -0.394 e. The van der Waals surface area contributed by atoms with Crippen molar-refractivity contribution in [2.24, 2.45) is 0 Å². The standard InChI is InChI=1S/C46H91NO4/c1-3-5-7-9-11-13-15-17-19-21-22-24-26-28-30-32-34-36-38-40-45(50)44(42-48)47-46(51)41-43(49)39-37-35-33-31-29-27-25-23-20-18-16-14-12-10-8-6-4-2/h23,25,43-45,48-50H,3-22,24,26-42H2,1-2H3,(H,47,51)/b25-23-. The molecule has 0 radical (unpaired) electrons. The maximum absolute atomic E-state index is 12.5. The number of rotatable bonds is 42. The van der Waals surface area contributed by atoms with Crippen LogP contribution >= 0.6 is 0 Å². The highest BCUT2D eigenvalue weighted by Gasteiger charge is 2.21. The summed E-state index contributed by atoms with van der Waals surface area (Å²) in [7, 11) is 0. The van der Waals surface area contributed by atoms with Crippen molar-refractivity contribution in [3.8, 4) is 0 Å². The Morgan fingerprint density at radius 3 is 1.14 bits per heavy atom. The first kappa shape index (κ1) is 50.1. The van der Waals surface area contributed by atoms with Gasteiger partial charge in [-0.1, -0.05) is 219 Å². The zero-order valence-corrected chi connectivity index (χ0v) is 34.5. The predicted octanol–water partition coefficient (Wildman–Crippen LogP) is 13.2. The van der Waals surface area contributed by atoms with Crippen molar-refractivity contribution < 1.29 is 20.1 Å². The molecular weight excluding hydrogens is 631 g/mol. The number of hydrogen-bond donors (Lipinski definition) is 4. The number of allylic oxidation sites excluding steroid dienone is 2.